The summed E-state index contributed by atoms with van der Waals surface area (Å²) in [5.74, 6) is 1.11. The van der Waals surface area contributed by atoms with E-state index >= 15 is 0 Å². The highest BCUT2D eigenvalue weighted by Crippen LogP contribution is 2.27. The highest BCUT2D eigenvalue weighted by molar-refractivity contribution is 5.68. The predicted molar refractivity (Wildman–Crippen MR) is 93.3 cm³/mol. The van der Waals surface area contributed by atoms with Gasteiger partial charge in [0.2, 0.25) is 0 Å². The molecule has 2 fully saturated rings. The maximum Gasteiger partial charge on any atom is 0.410 e. The number of amides is 1. The zero-order valence-electron chi connectivity index (χ0n) is 15.3. The second kappa shape index (κ2) is 7.84. The van der Waals surface area contributed by atoms with Gasteiger partial charge < -0.3 is 20.7 Å². The van der Waals surface area contributed by atoms with Gasteiger partial charge in [-0.05, 0) is 71.8 Å². The molecule has 1 amide bonds. The molecule has 4 unspecified atom stereocenters. The number of likely N-dealkylation sites (tertiary alicyclic amines) is 1. The van der Waals surface area contributed by atoms with Crippen molar-refractivity contribution in [2.45, 2.75) is 77.5 Å². The van der Waals surface area contributed by atoms with Crippen LogP contribution in [0.2, 0.25) is 0 Å². The highest BCUT2D eigenvalue weighted by Gasteiger charge is 2.33. The normalized spacial score (nSPS) is 30.3. The molecule has 1 heterocycles. The van der Waals surface area contributed by atoms with Crippen molar-refractivity contribution in [2.75, 3.05) is 19.6 Å². The zero-order chi connectivity index (χ0) is 17.0. The predicted octanol–water partition coefficient (Wildman–Crippen LogP) is 2.74. The number of carbonyl (C=O) groups is 1. The average Bonchev–Trinajstić information content (AvgIpc) is 2.92. The first-order chi connectivity index (χ1) is 10.8. The minimum atomic E-state index is -0.425. The van der Waals surface area contributed by atoms with Crippen LogP contribution < -0.4 is 11.1 Å². The Hall–Kier alpha value is -0.810. The lowest BCUT2D eigenvalue weighted by Gasteiger charge is -2.38. The van der Waals surface area contributed by atoms with Gasteiger partial charge in [-0.15, -0.1) is 0 Å². The second-order valence-corrected chi connectivity index (χ2v) is 8.32. The van der Waals surface area contributed by atoms with Crippen LogP contribution in [0.4, 0.5) is 4.79 Å². The average molecular weight is 325 g/mol. The van der Waals surface area contributed by atoms with Crippen molar-refractivity contribution in [3.05, 3.63) is 0 Å². The largest absolute Gasteiger partial charge is 0.444 e. The molecule has 134 valence electrons. The van der Waals surface area contributed by atoms with Crippen molar-refractivity contribution in [3.63, 3.8) is 0 Å². The summed E-state index contributed by atoms with van der Waals surface area (Å²) < 4.78 is 5.52. The molecule has 0 aromatic rings. The van der Waals surface area contributed by atoms with E-state index in [-0.39, 0.29) is 6.09 Å². The molecular weight excluding hydrogens is 290 g/mol. The Labute approximate surface area is 141 Å². The summed E-state index contributed by atoms with van der Waals surface area (Å²) in [5.41, 5.74) is 5.46. The number of hydrogen-bond acceptors (Lipinski definition) is 4. The van der Waals surface area contributed by atoms with Gasteiger partial charge in [0.05, 0.1) is 0 Å². The molecule has 0 bridgehead atoms. The van der Waals surface area contributed by atoms with Crippen LogP contribution in [0.15, 0.2) is 0 Å². The number of ether oxygens (including phenoxy) is 1. The molecule has 0 aromatic carbocycles. The Morgan fingerprint density at radius 2 is 2.04 bits per heavy atom. The number of piperidine rings is 1. The van der Waals surface area contributed by atoms with Crippen molar-refractivity contribution in [1.82, 2.24) is 10.2 Å². The van der Waals surface area contributed by atoms with E-state index in [0.29, 0.717) is 23.9 Å². The van der Waals surface area contributed by atoms with Gasteiger partial charge in [0.1, 0.15) is 5.60 Å². The number of hydrogen-bond donors (Lipinski definition) is 2. The molecular formula is C18H35N3O2. The van der Waals surface area contributed by atoms with Gasteiger partial charge in [0.15, 0.2) is 0 Å². The second-order valence-electron chi connectivity index (χ2n) is 8.32. The number of rotatable bonds is 4. The standard InChI is InChI=1S/C18H35N3O2/c1-13(20-16-9-5-7-14(16)11-19)15-8-6-10-21(12-15)17(22)23-18(2,3)4/h13-16,20H,5-12,19H2,1-4H3. The van der Waals surface area contributed by atoms with Crippen LogP contribution in [0.3, 0.4) is 0 Å². The van der Waals surface area contributed by atoms with Crippen molar-refractivity contribution in [2.24, 2.45) is 17.6 Å². The number of nitrogens with zero attached hydrogens (tertiary/aromatic N) is 1. The highest BCUT2D eigenvalue weighted by atomic mass is 16.6. The minimum absolute atomic E-state index is 0.171. The van der Waals surface area contributed by atoms with E-state index in [4.69, 9.17) is 10.5 Å². The van der Waals surface area contributed by atoms with Crippen molar-refractivity contribution in [3.8, 4) is 0 Å². The molecule has 23 heavy (non-hydrogen) atoms. The molecule has 5 nitrogen and oxygen atoms in total. The maximum atomic E-state index is 12.3. The molecule has 4 atom stereocenters. The van der Waals surface area contributed by atoms with Gasteiger partial charge in [-0.1, -0.05) is 6.42 Å². The van der Waals surface area contributed by atoms with Crippen LogP contribution in [0.5, 0.6) is 0 Å². The van der Waals surface area contributed by atoms with E-state index in [1.165, 1.54) is 25.7 Å². The van der Waals surface area contributed by atoms with Crippen LogP contribution >= 0.6 is 0 Å². The van der Waals surface area contributed by atoms with Crippen LogP contribution in [0.25, 0.3) is 0 Å². The van der Waals surface area contributed by atoms with E-state index in [1.54, 1.807) is 0 Å². The van der Waals surface area contributed by atoms with Crippen LogP contribution in [-0.4, -0.2) is 48.3 Å². The lowest BCUT2D eigenvalue weighted by molar-refractivity contribution is 0.0145. The SMILES string of the molecule is CC(NC1CCCC1CN)C1CCCN(C(=O)OC(C)(C)C)C1. The summed E-state index contributed by atoms with van der Waals surface area (Å²) in [6.45, 7) is 10.4. The Bertz CT molecular complexity index is 394. The minimum Gasteiger partial charge on any atom is -0.444 e. The van der Waals surface area contributed by atoms with Crippen LogP contribution in [0, 0.1) is 11.8 Å². The zero-order valence-corrected chi connectivity index (χ0v) is 15.3. The van der Waals surface area contributed by atoms with E-state index in [2.05, 4.69) is 12.2 Å². The molecule has 1 saturated heterocycles. The fourth-order valence-corrected chi connectivity index (χ4v) is 3.92. The lowest BCUT2D eigenvalue weighted by atomic mass is 9.90. The summed E-state index contributed by atoms with van der Waals surface area (Å²) in [6, 6.07) is 0.962. The fourth-order valence-electron chi connectivity index (χ4n) is 3.92. The summed E-state index contributed by atoms with van der Waals surface area (Å²) in [5, 5.41) is 3.80. The van der Waals surface area contributed by atoms with Crippen molar-refractivity contribution >= 4 is 6.09 Å². The van der Waals surface area contributed by atoms with E-state index in [0.717, 1.165) is 26.1 Å². The van der Waals surface area contributed by atoms with Crippen LogP contribution in [-0.2, 0) is 4.74 Å². The lowest BCUT2D eigenvalue weighted by Crippen LogP contribution is -2.50. The fraction of sp³-hybridized carbons (Fsp3) is 0.944. The number of nitrogens with two attached hydrogens (primary N) is 1. The molecule has 0 radical (unpaired) electrons. The van der Waals surface area contributed by atoms with Gasteiger partial charge in [0, 0.05) is 25.2 Å². The van der Waals surface area contributed by atoms with Crippen molar-refractivity contribution in [1.29, 1.82) is 0 Å². The Balaban J connectivity index is 1.86. The van der Waals surface area contributed by atoms with Crippen LogP contribution in [0.1, 0.15) is 59.8 Å². The topological polar surface area (TPSA) is 67.6 Å². The van der Waals surface area contributed by atoms with Gasteiger partial charge in [-0.25, -0.2) is 4.79 Å². The third-order valence-corrected chi connectivity index (χ3v) is 5.26. The molecule has 0 spiro atoms. The summed E-state index contributed by atoms with van der Waals surface area (Å²) >= 11 is 0. The monoisotopic (exact) mass is 325 g/mol. The molecule has 0 aromatic heterocycles. The number of carbonyl (C=O) groups excluding carboxylic acids is 1. The molecule has 2 rings (SSSR count). The molecule has 1 aliphatic carbocycles. The molecule has 1 saturated carbocycles. The summed E-state index contributed by atoms with van der Waals surface area (Å²) in [6.07, 6.45) is 5.81. The van der Waals surface area contributed by atoms with E-state index < -0.39 is 5.60 Å². The molecule has 1 aliphatic heterocycles. The van der Waals surface area contributed by atoms with E-state index in [9.17, 15) is 4.79 Å². The third kappa shape index (κ3) is 5.35. The van der Waals surface area contributed by atoms with Crippen molar-refractivity contribution < 1.29 is 9.53 Å². The first-order valence-electron chi connectivity index (χ1n) is 9.24. The van der Waals surface area contributed by atoms with Gasteiger partial charge in [-0.3, -0.25) is 0 Å². The summed E-state index contributed by atoms with van der Waals surface area (Å²) in [4.78, 5) is 14.2. The quantitative estimate of drug-likeness (QED) is 0.834. The third-order valence-electron chi connectivity index (χ3n) is 5.26. The Morgan fingerprint density at radius 3 is 2.70 bits per heavy atom. The first-order valence-corrected chi connectivity index (χ1v) is 9.24. The van der Waals surface area contributed by atoms with E-state index in [1.807, 2.05) is 25.7 Å². The molecule has 2 aliphatic rings. The number of nitrogens with one attached hydrogen (secondary N) is 1. The van der Waals surface area contributed by atoms with Gasteiger partial charge >= 0.3 is 6.09 Å². The van der Waals surface area contributed by atoms with Gasteiger partial charge in [-0.2, -0.15) is 0 Å². The maximum absolute atomic E-state index is 12.3. The first kappa shape index (κ1) is 18.5. The summed E-state index contributed by atoms with van der Waals surface area (Å²) in [7, 11) is 0. The molecule has 3 N–H and O–H groups in total. The Morgan fingerprint density at radius 1 is 1.30 bits per heavy atom. The Kier molecular flexibility index (Phi) is 6.32. The molecule has 5 heteroatoms. The smallest absolute Gasteiger partial charge is 0.410 e. The van der Waals surface area contributed by atoms with Gasteiger partial charge in [0.25, 0.3) is 0 Å².